The Morgan fingerprint density at radius 2 is 2.10 bits per heavy atom. The van der Waals surface area contributed by atoms with Crippen molar-refractivity contribution >= 4 is 5.91 Å². The third-order valence-electron chi connectivity index (χ3n) is 3.40. The highest BCUT2D eigenvalue weighted by Crippen LogP contribution is 2.24. The normalized spacial score (nSPS) is 12.9. The average molecular weight is 267 g/mol. The van der Waals surface area contributed by atoms with Crippen LogP contribution in [0.3, 0.4) is 0 Å². The number of hydrogen-bond acceptors (Lipinski definition) is 4. The van der Waals surface area contributed by atoms with Crippen LogP contribution in [0.5, 0.6) is 0 Å². The lowest BCUT2D eigenvalue weighted by atomic mass is 10.2. The van der Waals surface area contributed by atoms with Gasteiger partial charge in [-0.05, 0) is 24.3 Å². The zero-order valence-corrected chi connectivity index (χ0v) is 11.0. The van der Waals surface area contributed by atoms with Crippen molar-refractivity contribution in [1.82, 2.24) is 20.0 Å². The highest BCUT2D eigenvalue weighted by atomic mass is 16.1. The molecule has 0 radical (unpaired) electrons. The van der Waals surface area contributed by atoms with Gasteiger partial charge in [0.25, 0.3) is 5.91 Å². The van der Waals surface area contributed by atoms with Gasteiger partial charge in [0, 0.05) is 18.2 Å². The van der Waals surface area contributed by atoms with Crippen molar-refractivity contribution in [2.24, 2.45) is 0 Å². The Morgan fingerprint density at radius 1 is 1.35 bits per heavy atom. The van der Waals surface area contributed by atoms with Crippen LogP contribution in [0.1, 0.15) is 21.6 Å². The molecule has 20 heavy (non-hydrogen) atoms. The Morgan fingerprint density at radius 3 is 2.75 bits per heavy atom. The summed E-state index contributed by atoms with van der Waals surface area (Å²) in [5.41, 5.74) is 3.60. The van der Waals surface area contributed by atoms with E-state index in [0.717, 1.165) is 16.9 Å². The maximum absolute atomic E-state index is 11.5. The maximum Gasteiger partial charge on any atom is 0.251 e. The molecular formula is C14H13N5O. The summed E-state index contributed by atoms with van der Waals surface area (Å²) in [5.74, 6) is -0.113. The summed E-state index contributed by atoms with van der Waals surface area (Å²) in [6, 6.07) is 7.23. The van der Waals surface area contributed by atoms with E-state index in [1.54, 1.807) is 30.3 Å². The molecule has 1 N–H and O–H groups in total. The molecule has 0 saturated carbocycles. The molecule has 0 spiro atoms. The number of carbonyl (C=O) groups is 1. The number of amides is 1. The molecule has 2 heterocycles. The lowest BCUT2D eigenvalue weighted by Crippen LogP contribution is -2.17. The number of benzene rings is 1. The van der Waals surface area contributed by atoms with E-state index in [9.17, 15) is 4.79 Å². The van der Waals surface area contributed by atoms with Crippen LogP contribution in [-0.4, -0.2) is 27.6 Å². The fraction of sp³-hybridized carbons (Fsp3) is 0.214. The fourth-order valence-corrected chi connectivity index (χ4v) is 2.34. The monoisotopic (exact) mass is 267 g/mol. The van der Waals surface area contributed by atoms with Crippen LogP contribution in [0.25, 0.3) is 5.69 Å². The van der Waals surface area contributed by atoms with Crippen molar-refractivity contribution < 1.29 is 4.79 Å². The van der Waals surface area contributed by atoms with Crippen molar-refractivity contribution in [2.75, 3.05) is 7.05 Å². The highest BCUT2D eigenvalue weighted by Gasteiger charge is 2.23. The van der Waals surface area contributed by atoms with Crippen molar-refractivity contribution in [3.8, 4) is 11.9 Å². The third kappa shape index (κ3) is 1.89. The van der Waals surface area contributed by atoms with Crippen LogP contribution < -0.4 is 5.32 Å². The maximum atomic E-state index is 11.5. The zero-order valence-electron chi connectivity index (χ0n) is 11.0. The summed E-state index contributed by atoms with van der Waals surface area (Å²) >= 11 is 0. The fourth-order valence-electron chi connectivity index (χ4n) is 2.34. The van der Waals surface area contributed by atoms with Gasteiger partial charge >= 0.3 is 0 Å². The summed E-state index contributed by atoms with van der Waals surface area (Å²) in [6.07, 6.45) is 3.94. The van der Waals surface area contributed by atoms with Gasteiger partial charge in [-0.2, -0.15) is 10.4 Å². The summed E-state index contributed by atoms with van der Waals surface area (Å²) in [7, 11) is 1.60. The predicted molar refractivity (Wildman–Crippen MR) is 71.8 cm³/mol. The van der Waals surface area contributed by atoms with Crippen molar-refractivity contribution in [3.63, 3.8) is 0 Å². The molecule has 1 amide bonds. The number of nitriles is 1. The molecule has 0 atom stereocenters. The highest BCUT2D eigenvalue weighted by molar-refractivity contribution is 5.94. The minimum atomic E-state index is -0.113. The van der Waals surface area contributed by atoms with E-state index in [1.807, 2.05) is 16.8 Å². The van der Waals surface area contributed by atoms with Gasteiger partial charge in [-0.1, -0.05) is 0 Å². The second-order valence-electron chi connectivity index (χ2n) is 4.61. The molecular weight excluding hydrogens is 254 g/mol. The second-order valence-corrected chi connectivity index (χ2v) is 4.61. The number of hydrogen-bond donors (Lipinski definition) is 1. The zero-order chi connectivity index (χ0) is 14.1. The topological polar surface area (TPSA) is 74.0 Å². The molecule has 0 aliphatic carbocycles. The van der Waals surface area contributed by atoms with Gasteiger partial charge in [-0.3, -0.25) is 4.79 Å². The quantitative estimate of drug-likeness (QED) is 0.825. The predicted octanol–water partition coefficient (Wildman–Crippen LogP) is 1.03. The number of carbonyl (C=O) groups excluding carboxylic acids is 1. The lowest BCUT2D eigenvalue weighted by molar-refractivity contribution is 0.0963. The van der Waals surface area contributed by atoms with E-state index in [0.29, 0.717) is 18.7 Å². The molecule has 100 valence electrons. The van der Waals surface area contributed by atoms with Crippen LogP contribution >= 0.6 is 0 Å². The first-order valence-corrected chi connectivity index (χ1v) is 6.26. The summed E-state index contributed by atoms with van der Waals surface area (Å²) < 4.78 is 1.82. The van der Waals surface area contributed by atoms with E-state index in [4.69, 9.17) is 5.26 Å². The van der Waals surface area contributed by atoms with E-state index in [-0.39, 0.29) is 5.91 Å². The van der Waals surface area contributed by atoms with E-state index < -0.39 is 0 Å². The second kappa shape index (κ2) is 4.70. The molecule has 0 bridgehead atoms. The number of nitrogens with one attached hydrogen (secondary N) is 1. The van der Waals surface area contributed by atoms with Gasteiger partial charge in [0.1, 0.15) is 0 Å². The Bertz CT molecular complexity index is 695. The third-order valence-corrected chi connectivity index (χ3v) is 3.40. The van der Waals surface area contributed by atoms with Crippen LogP contribution in [0, 0.1) is 11.5 Å². The van der Waals surface area contributed by atoms with Gasteiger partial charge in [0.05, 0.1) is 30.7 Å². The summed E-state index contributed by atoms with van der Waals surface area (Å²) in [5, 5.41) is 15.9. The minimum Gasteiger partial charge on any atom is -0.355 e. The van der Waals surface area contributed by atoms with Crippen LogP contribution in [0.15, 0.2) is 30.5 Å². The van der Waals surface area contributed by atoms with Gasteiger partial charge < -0.3 is 10.2 Å². The Labute approximate surface area is 116 Å². The number of rotatable bonds is 2. The van der Waals surface area contributed by atoms with Crippen molar-refractivity contribution in [3.05, 3.63) is 47.3 Å². The first-order valence-electron chi connectivity index (χ1n) is 6.26. The van der Waals surface area contributed by atoms with Gasteiger partial charge in [-0.25, -0.2) is 4.68 Å². The van der Waals surface area contributed by atoms with Crippen LogP contribution in [-0.2, 0) is 13.1 Å². The smallest absolute Gasteiger partial charge is 0.251 e. The molecule has 6 heteroatoms. The number of fused-ring (bicyclic) bond motifs is 1. The minimum absolute atomic E-state index is 0.113. The van der Waals surface area contributed by atoms with E-state index in [2.05, 4.69) is 16.6 Å². The standard InChI is InChI=1S/C14H13N5O/c1-16-14(20)10-2-4-12(5-3-10)19-13-8-18(9-15)7-11(13)6-17-19/h2-6H,7-8H2,1H3,(H,16,20). The number of nitrogens with zero attached hydrogens (tertiary/aromatic N) is 4. The lowest BCUT2D eigenvalue weighted by Gasteiger charge is -2.08. The van der Waals surface area contributed by atoms with E-state index >= 15 is 0 Å². The van der Waals surface area contributed by atoms with Crippen molar-refractivity contribution in [1.29, 1.82) is 5.26 Å². The van der Waals surface area contributed by atoms with Gasteiger partial charge in [0.2, 0.25) is 0 Å². The molecule has 1 aliphatic heterocycles. The molecule has 6 nitrogen and oxygen atoms in total. The Kier molecular flexibility index (Phi) is 2.88. The summed E-state index contributed by atoms with van der Waals surface area (Å²) in [4.78, 5) is 13.2. The van der Waals surface area contributed by atoms with Gasteiger partial charge in [-0.15, -0.1) is 0 Å². The van der Waals surface area contributed by atoms with Crippen molar-refractivity contribution in [2.45, 2.75) is 13.1 Å². The molecule has 1 aromatic carbocycles. The Balaban J connectivity index is 1.92. The molecule has 1 aromatic heterocycles. The van der Waals surface area contributed by atoms with E-state index in [1.165, 1.54) is 0 Å². The molecule has 0 fully saturated rings. The first-order chi connectivity index (χ1) is 9.72. The first kappa shape index (κ1) is 12.2. The van der Waals surface area contributed by atoms with Gasteiger partial charge in [0.15, 0.2) is 6.19 Å². The average Bonchev–Trinajstić information content (AvgIpc) is 3.06. The molecule has 3 rings (SSSR count). The SMILES string of the molecule is CNC(=O)c1ccc(-n2ncc3c2CN(C#N)C3)cc1. The van der Waals surface area contributed by atoms with Crippen LogP contribution in [0.2, 0.25) is 0 Å². The van der Waals surface area contributed by atoms with Crippen LogP contribution in [0.4, 0.5) is 0 Å². The molecule has 0 saturated heterocycles. The molecule has 2 aromatic rings. The number of aromatic nitrogens is 2. The molecule has 0 unspecified atom stereocenters. The Hall–Kier alpha value is -2.81. The summed E-state index contributed by atoms with van der Waals surface area (Å²) in [6.45, 7) is 1.19. The molecule has 1 aliphatic rings. The largest absolute Gasteiger partial charge is 0.355 e.